The van der Waals surface area contributed by atoms with Crippen LogP contribution in [0, 0.1) is 0 Å². The van der Waals surface area contributed by atoms with Crippen LogP contribution in [0.5, 0.6) is 0 Å². The van der Waals surface area contributed by atoms with Gasteiger partial charge in [-0.15, -0.1) is 0 Å². The van der Waals surface area contributed by atoms with Crippen molar-refractivity contribution < 1.29 is 0 Å². The van der Waals surface area contributed by atoms with Gasteiger partial charge in [0.05, 0.1) is 0 Å². The van der Waals surface area contributed by atoms with Crippen molar-refractivity contribution in [1.29, 1.82) is 0 Å². The van der Waals surface area contributed by atoms with Gasteiger partial charge in [-0.05, 0) is 121 Å². The Hall–Kier alpha value is -5.40. The second-order valence-electron chi connectivity index (χ2n) is 14.3. The fourth-order valence-corrected chi connectivity index (χ4v) is 8.25. The van der Waals surface area contributed by atoms with Gasteiger partial charge in [-0.3, -0.25) is 0 Å². The van der Waals surface area contributed by atoms with Crippen molar-refractivity contribution in [1.82, 2.24) is 0 Å². The smallest absolute Gasteiger partial charge is 0.0465 e. The average Bonchev–Trinajstić information content (AvgIpc) is 3.46. The van der Waals surface area contributed by atoms with E-state index in [1.165, 1.54) is 77.8 Å². The minimum absolute atomic E-state index is 0.106. The molecule has 0 heterocycles. The van der Waals surface area contributed by atoms with Gasteiger partial charge in [0, 0.05) is 27.9 Å². The molecule has 0 aromatic heterocycles. The summed E-state index contributed by atoms with van der Waals surface area (Å²) < 4.78 is 0. The van der Waals surface area contributed by atoms with E-state index in [0.29, 0.717) is 0 Å². The van der Waals surface area contributed by atoms with Crippen LogP contribution in [0.1, 0.15) is 49.9 Å². The minimum atomic E-state index is -0.128. The first-order valence-electron chi connectivity index (χ1n) is 16.7. The van der Waals surface area contributed by atoms with Gasteiger partial charge < -0.3 is 4.90 Å². The Bertz CT molecular complexity index is 2340. The van der Waals surface area contributed by atoms with E-state index in [0.717, 1.165) is 5.69 Å². The summed E-state index contributed by atoms with van der Waals surface area (Å²) in [5.74, 6) is 0. The summed E-state index contributed by atoms with van der Waals surface area (Å²) in [7, 11) is 0. The number of fused-ring (bicyclic) bond motifs is 7. The highest BCUT2D eigenvalue weighted by atomic mass is 15.1. The van der Waals surface area contributed by atoms with Crippen LogP contribution >= 0.6 is 0 Å². The number of hydrogen-bond donors (Lipinski definition) is 0. The number of hydrogen-bond acceptors (Lipinski definition) is 1. The molecule has 9 rings (SSSR count). The Morgan fingerprint density at radius 2 is 0.809 bits per heavy atom. The molecule has 0 atom stereocenters. The molecule has 0 bridgehead atoms. The van der Waals surface area contributed by atoms with Gasteiger partial charge in [0.15, 0.2) is 0 Å². The first-order chi connectivity index (χ1) is 22.8. The summed E-state index contributed by atoms with van der Waals surface area (Å²) >= 11 is 0. The van der Waals surface area contributed by atoms with Crippen molar-refractivity contribution in [2.75, 3.05) is 4.90 Å². The lowest BCUT2D eigenvalue weighted by Crippen LogP contribution is -2.18. The number of anilines is 3. The zero-order valence-electron chi connectivity index (χ0n) is 27.4. The number of benzene rings is 7. The summed E-state index contributed by atoms with van der Waals surface area (Å²) in [5, 5.41) is 2.60. The van der Waals surface area contributed by atoms with Crippen molar-refractivity contribution in [3.63, 3.8) is 0 Å². The molecule has 1 heteroatoms. The first-order valence-corrected chi connectivity index (χ1v) is 16.7. The molecule has 0 saturated carbocycles. The van der Waals surface area contributed by atoms with E-state index in [-0.39, 0.29) is 10.8 Å². The lowest BCUT2D eigenvalue weighted by atomic mass is 9.81. The lowest BCUT2D eigenvalue weighted by molar-refractivity contribution is 0.660. The van der Waals surface area contributed by atoms with E-state index in [4.69, 9.17) is 0 Å². The monoisotopic (exact) mass is 603 g/mol. The van der Waals surface area contributed by atoms with E-state index >= 15 is 0 Å². The molecule has 0 aliphatic heterocycles. The van der Waals surface area contributed by atoms with Crippen molar-refractivity contribution in [2.45, 2.75) is 38.5 Å². The summed E-state index contributed by atoms with van der Waals surface area (Å²) in [6.45, 7) is 9.51. The van der Waals surface area contributed by atoms with E-state index in [9.17, 15) is 0 Å². The Labute approximate surface area is 277 Å². The predicted octanol–water partition coefficient (Wildman–Crippen LogP) is 12.6. The largest absolute Gasteiger partial charge is 0.310 e. The summed E-state index contributed by atoms with van der Waals surface area (Å²) in [6.07, 6.45) is 0. The van der Waals surface area contributed by atoms with Gasteiger partial charge in [-0.25, -0.2) is 0 Å². The number of para-hydroxylation sites is 1. The van der Waals surface area contributed by atoms with Gasteiger partial charge in [0.2, 0.25) is 0 Å². The maximum Gasteiger partial charge on any atom is 0.0465 e. The standard InChI is InChI=1S/C46H37N/c1-45(2)41-27-33(30-13-7-5-8-14-30)19-22-37(41)38-23-20-35(28-43(38)45)47(34-17-9-6-10-18-34)36-21-24-39-40-25-31-15-11-12-16-32(31)26-42(40)46(3,4)44(39)29-36/h5-29H,1-4H3. The fourth-order valence-electron chi connectivity index (χ4n) is 8.25. The molecule has 0 amide bonds. The molecule has 226 valence electrons. The molecule has 2 aliphatic rings. The molecule has 0 unspecified atom stereocenters. The maximum atomic E-state index is 2.44. The highest BCUT2D eigenvalue weighted by Crippen LogP contribution is 2.54. The van der Waals surface area contributed by atoms with Crippen molar-refractivity contribution in [3.8, 4) is 33.4 Å². The summed E-state index contributed by atoms with van der Waals surface area (Å²) in [5.41, 5.74) is 16.7. The first kappa shape index (κ1) is 27.9. The molecule has 0 radical (unpaired) electrons. The predicted molar refractivity (Wildman–Crippen MR) is 199 cm³/mol. The highest BCUT2D eigenvalue weighted by molar-refractivity contribution is 5.95. The van der Waals surface area contributed by atoms with Gasteiger partial charge >= 0.3 is 0 Å². The maximum absolute atomic E-state index is 2.44. The molecule has 0 spiro atoms. The molecule has 47 heavy (non-hydrogen) atoms. The highest BCUT2D eigenvalue weighted by Gasteiger charge is 2.38. The SMILES string of the molecule is CC1(C)c2cc(-c3ccccc3)ccc2-c2ccc(N(c3ccccc3)c3ccc4c(c3)C(C)(C)c3cc5ccccc5cc3-4)cc21. The third-order valence-corrected chi connectivity index (χ3v) is 10.8. The summed E-state index contributed by atoms with van der Waals surface area (Å²) in [6, 6.07) is 56.2. The Morgan fingerprint density at radius 1 is 0.340 bits per heavy atom. The molecule has 0 fully saturated rings. The second-order valence-corrected chi connectivity index (χ2v) is 14.3. The zero-order chi connectivity index (χ0) is 31.9. The third kappa shape index (κ3) is 4.16. The quantitative estimate of drug-likeness (QED) is 0.193. The van der Waals surface area contributed by atoms with Gasteiger partial charge in [-0.2, -0.15) is 0 Å². The number of nitrogens with zero attached hydrogens (tertiary/aromatic N) is 1. The molecule has 0 saturated heterocycles. The van der Waals surface area contributed by atoms with Gasteiger partial charge in [-0.1, -0.05) is 125 Å². The van der Waals surface area contributed by atoms with Crippen molar-refractivity contribution in [3.05, 3.63) is 174 Å². The molecular formula is C46H37N. The molecule has 7 aromatic rings. The molecule has 1 nitrogen and oxygen atoms in total. The topological polar surface area (TPSA) is 3.24 Å². The Balaban J connectivity index is 1.17. The third-order valence-electron chi connectivity index (χ3n) is 10.8. The van der Waals surface area contributed by atoms with Gasteiger partial charge in [0.25, 0.3) is 0 Å². The van der Waals surface area contributed by atoms with Crippen molar-refractivity contribution >= 4 is 27.8 Å². The molecule has 7 aromatic carbocycles. The average molecular weight is 604 g/mol. The van der Waals surface area contributed by atoms with Crippen LogP contribution in [0.25, 0.3) is 44.2 Å². The van der Waals surface area contributed by atoms with Crippen LogP contribution in [0.2, 0.25) is 0 Å². The van der Waals surface area contributed by atoms with Crippen LogP contribution in [-0.2, 0) is 10.8 Å². The second kappa shape index (κ2) is 10.0. The fraction of sp³-hybridized carbons (Fsp3) is 0.130. The normalized spacial score (nSPS) is 14.7. The Morgan fingerprint density at radius 3 is 1.43 bits per heavy atom. The zero-order valence-corrected chi connectivity index (χ0v) is 27.4. The molecule has 0 N–H and O–H groups in total. The molecular weight excluding hydrogens is 567 g/mol. The van der Waals surface area contributed by atoms with Crippen molar-refractivity contribution in [2.24, 2.45) is 0 Å². The Kier molecular flexibility index (Phi) is 5.96. The van der Waals surface area contributed by atoms with Crippen LogP contribution < -0.4 is 4.90 Å². The minimum Gasteiger partial charge on any atom is -0.310 e. The van der Waals surface area contributed by atoms with Gasteiger partial charge in [0.1, 0.15) is 0 Å². The number of rotatable bonds is 4. The van der Waals surface area contributed by atoms with E-state index < -0.39 is 0 Å². The van der Waals surface area contributed by atoms with Crippen LogP contribution in [0.3, 0.4) is 0 Å². The van der Waals surface area contributed by atoms with Crippen LogP contribution in [0.15, 0.2) is 152 Å². The van der Waals surface area contributed by atoms with E-state index in [2.05, 4.69) is 184 Å². The van der Waals surface area contributed by atoms with E-state index in [1.54, 1.807) is 0 Å². The van der Waals surface area contributed by atoms with E-state index in [1.807, 2.05) is 0 Å². The lowest BCUT2D eigenvalue weighted by Gasteiger charge is -2.29. The van der Waals surface area contributed by atoms with Crippen LogP contribution in [0.4, 0.5) is 17.1 Å². The molecule has 2 aliphatic carbocycles. The summed E-state index contributed by atoms with van der Waals surface area (Å²) in [4.78, 5) is 2.44. The van der Waals surface area contributed by atoms with Crippen LogP contribution in [-0.4, -0.2) is 0 Å².